The van der Waals surface area contributed by atoms with Gasteiger partial charge in [0.05, 0.1) is 24.7 Å². The fourth-order valence-corrected chi connectivity index (χ4v) is 4.47. The highest BCUT2D eigenvalue weighted by Crippen LogP contribution is 2.37. The number of hydrogen-bond donors (Lipinski definition) is 2. The first-order chi connectivity index (χ1) is 17.8. The Hall–Kier alpha value is -3.50. The molecule has 1 unspecified atom stereocenters. The molecule has 1 aliphatic rings. The van der Waals surface area contributed by atoms with E-state index >= 15 is 0 Å². The van der Waals surface area contributed by atoms with Crippen molar-refractivity contribution in [2.75, 3.05) is 33.3 Å². The molecule has 0 aliphatic carbocycles. The highest BCUT2D eigenvalue weighted by Gasteiger charge is 2.23. The molecule has 1 aliphatic heterocycles. The standard InChI is InChI=1S/C27H33F2N5O3/c1-5-6-21(17(2)23-13-30-9-10-33(23)4)19-11-24(27-25(36-18(3)28)14-32-34(27)15-19)37-26(16-35)22-8-7-20(29)12-31-22/h6-8,11-12,14-15,18,26,30,35H,5,9-10,13,16H2,1-4H3/b21-6-,23-17-/t18?,26-/m1/s1. The van der Waals surface area contributed by atoms with E-state index in [4.69, 9.17) is 9.47 Å². The van der Waals surface area contributed by atoms with Gasteiger partial charge in [0.1, 0.15) is 5.82 Å². The second-order valence-electron chi connectivity index (χ2n) is 8.94. The van der Waals surface area contributed by atoms with Crippen molar-refractivity contribution in [3.8, 4) is 11.5 Å². The molecule has 0 saturated carbocycles. The first-order valence-corrected chi connectivity index (χ1v) is 12.4. The number of aromatic nitrogens is 3. The van der Waals surface area contributed by atoms with Crippen molar-refractivity contribution in [3.63, 3.8) is 0 Å². The Morgan fingerprint density at radius 1 is 1.27 bits per heavy atom. The van der Waals surface area contributed by atoms with Crippen molar-refractivity contribution in [1.82, 2.24) is 24.8 Å². The fourth-order valence-electron chi connectivity index (χ4n) is 4.47. The number of aliphatic hydroxyl groups is 1. The van der Waals surface area contributed by atoms with Gasteiger partial charge in [0.25, 0.3) is 0 Å². The molecule has 1 saturated heterocycles. The number of halogens is 2. The molecule has 0 aromatic carbocycles. The van der Waals surface area contributed by atoms with Gasteiger partial charge in [0, 0.05) is 51.1 Å². The number of nitrogens with one attached hydrogen (secondary N) is 1. The van der Waals surface area contributed by atoms with E-state index in [1.165, 1.54) is 31.0 Å². The van der Waals surface area contributed by atoms with E-state index in [0.29, 0.717) is 17.0 Å². The van der Waals surface area contributed by atoms with Crippen molar-refractivity contribution in [2.24, 2.45) is 0 Å². The molecule has 0 radical (unpaired) electrons. The molecule has 3 aromatic rings. The summed E-state index contributed by atoms with van der Waals surface area (Å²) >= 11 is 0. The second kappa shape index (κ2) is 11.7. The maximum atomic E-state index is 13.8. The molecule has 0 amide bonds. The molecule has 198 valence electrons. The number of pyridine rings is 2. The molecule has 37 heavy (non-hydrogen) atoms. The number of alkyl halides is 1. The molecule has 2 N–H and O–H groups in total. The van der Waals surface area contributed by atoms with Crippen LogP contribution >= 0.6 is 0 Å². The second-order valence-corrected chi connectivity index (χ2v) is 8.94. The molecule has 3 aromatic heterocycles. The SMILES string of the molecule is CC/C=C(/C(C)=C1/CNCCN1C)c1cc(O[C@H](CO)c2ccc(F)cn2)c2c(OC(C)F)cnn2c1. The zero-order chi connectivity index (χ0) is 26.5. The summed E-state index contributed by atoms with van der Waals surface area (Å²) in [6.45, 7) is 7.62. The lowest BCUT2D eigenvalue weighted by molar-refractivity contribution is 0.0865. The number of aliphatic hydroxyl groups excluding tert-OH is 1. The third kappa shape index (κ3) is 5.91. The van der Waals surface area contributed by atoms with Crippen LogP contribution in [0.1, 0.15) is 44.6 Å². The first-order valence-electron chi connectivity index (χ1n) is 12.4. The summed E-state index contributed by atoms with van der Waals surface area (Å²) in [5.41, 5.74) is 4.91. The molecular formula is C27H33F2N5O3. The number of fused-ring (bicyclic) bond motifs is 1. The Morgan fingerprint density at radius 3 is 2.73 bits per heavy atom. The predicted octanol–water partition coefficient (Wildman–Crippen LogP) is 4.28. The molecule has 4 heterocycles. The van der Waals surface area contributed by atoms with Crippen molar-refractivity contribution < 1.29 is 23.4 Å². The summed E-state index contributed by atoms with van der Waals surface area (Å²) in [6.07, 6.45) is 4.84. The van der Waals surface area contributed by atoms with E-state index in [2.05, 4.69) is 47.3 Å². The summed E-state index contributed by atoms with van der Waals surface area (Å²) in [4.78, 5) is 6.31. The molecule has 0 spiro atoms. The van der Waals surface area contributed by atoms with Crippen molar-refractivity contribution in [1.29, 1.82) is 0 Å². The van der Waals surface area contributed by atoms with Gasteiger partial charge in [0.15, 0.2) is 23.1 Å². The van der Waals surface area contributed by atoms with Crippen LogP contribution in [-0.2, 0) is 0 Å². The number of piperazine rings is 1. The summed E-state index contributed by atoms with van der Waals surface area (Å²) in [7, 11) is 2.08. The van der Waals surface area contributed by atoms with E-state index in [1.807, 2.05) is 12.3 Å². The fraction of sp³-hybridized carbons (Fsp3) is 0.407. The van der Waals surface area contributed by atoms with Gasteiger partial charge in [-0.15, -0.1) is 0 Å². The van der Waals surface area contributed by atoms with Crippen LogP contribution in [0.5, 0.6) is 11.5 Å². The van der Waals surface area contributed by atoms with Crippen molar-refractivity contribution in [2.45, 2.75) is 39.7 Å². The third-order valence-electron chi connectivity index (χ3n) is 6.28. The molecule has 4 rings (SSSR count). The topological polar surface area (TPSA) is 84.2 Å². The number of hydrogen-bond acceptors (Lipinski definition) is 7. The predicted molar refractivity (Wildman–Crippen MR) is 138 cm³/mol. The highest BCUT2D eigenvalue weighted by atomic mass is 19.1. The number of allylic oxidation sites excluding steroid dienone is 3. The van der Waals surface area contributed by atoms with Crippen molar-refractivity contribution >= 4 is 11.1 Å². The quantitative estimate of drug-likeness (QED) is 0.442. The summed E-state index contributed by atoms with van der Waals surface area (Å²) < 4.78 is 40.4. The van der Waals surface area contributed by atoms with Crippen molar-refractivity contribution in [3.05, 3.63) is 71.2 Å². The van der Waals surface area contributed by atoms with Crippen LogP contribution in [0.25, 0.3) is 11.1 Å². The minimum atomic E-state index is -1.57. The average Bonchev–Trinajstić information content (AvgIpc) is 3.28. The number of nitrogens with zero attached hydrogens (tertiary/aromatic N) is 4. The van der Waals surface area contributed by atoms with Crippen LogP contribution in [0.2, 0.25) is 0 Å². The van der Waals surface area contributed by atoms with E-state index < -0.39 is 24.9 Å². The lowest BCUT2D eigenvalue weighted by Crippen LogP contribution is -2.40. The average molecular weight is 514 g/mol. The Labute approximate surface area is 215 Å². The Bertz CT molecular complexity index is 1290. The monoisotopic (exact) mass is 513 g/mol. The molecule has 8 nitrogen and oxygen atoms in total. The van der Waals surface area contributed by atoms with Gasteiger partial charge in [-0.2, -0.15) is 5.10 Å². The largest absolute Gasteiger partial charge is 0.479 e. The van der Waals surface area contributed by atoms with Crippen LogP contribution in [0.15, 0.2) is 54.1 Å². The van der Waals surface area contributed by atoms with Gasteiger partial charge in [0.2, 0.25) is 6.36 Å². The van der Waals surface area contributed by atoms with Gasteiger partial charge < -0.3 is 24.8 Å². The van der Waals surface area contributed by atoms with Gasteiger partial charge in [-0.25, -0.2) is 13.3 Å². The van der Waals surface area contributed by atoms with Gasteiger partial charge in [-0.3, -0.25) is 4.98 Å². The van der Waals surface area contributed by atoms with Crippen LogP contribution in [0, 0.1) is 5.82 Å². The summed E-state index contributed by atoms with van der Waals surface area (Å²) in [6, 6.07) is 4.54. The Morgan fingerprint density at radius 2 is 2.08 bits per heavy atom. The Kier molecular flexibility index (Phi) is 8.40. The van der Waals surface area contributed by atoms with E-state index in [-0.39, 0.29) is 5.75 Å². The number of ether oxygens (including phenoxy) is 2. The molecular weight excluding hydrogens is 480 g/mol. The summed E-state index contributed by atoms with van der Waals surface area (Å²) in [5, 5.41) is 17.9. The molecule has 10 heteroatoms. The molecule has 0 bridgehead atoms. The number of likely N-dealkylation sites (N-methyl/N-ethyl adjacent to an activating group) is 1. The van der Waals surface area contributed by atoms with E-state index in [1.54, 1.807) is 4.52 Å². The lowest BCUT2D eigenvalue weighted by atomic mass is 9.96. The van der Waals surface area contributed by atoms with Crippen LogP contribution < -0.4 is 14.8 Å². The lowest BCUT2D eigenvalue weighted by Gasteiger charge is -2.31. The van der Waals surface area contributed by atoms with Crippen LogP contribution in [0.3, 0.4) is 0 Å². The zero-order valence-corrected chi connectivity index (χ0v) is 21.5. The maximum absolute atomic E-state index is 13.8. The van der Waals surface area contributed by atoms with Gasteiger partial charge in [-0.1, -0.05) is 13.0 Å². The minimum absolute atomic E-state index is 0.201. The molecule has 2 atom stereocenters. The first kappa shape index (κ1) is 26.6. The minimum Gasteiger partial charge on any atom is -0.479 e. The zero-order valence-electron chi connectivity index (χ0n) is 21.5. The number of rotatable bonds is 9. The highest BCUT2D eigenvalue weighted by molar-refractivity contribution is 5.82. The third-order valence-corrected chi connectivity index (χ3v) is 6.28. The van der Waals surface area contributed by atoms with Crippen LogP contribution in [0.4, 0.5) is 8.78 Å². The Balaban J connectivity index is 1.85. The normalized spacial score (nSPS) is 17.6. The van der Waals surface area contributed by atoms with Gasteiger partial charge in [-0.05, 0) is 42.7 Å². The smallest absolute Gasteiger partial charge is 0.236 e. The van der Waals surface area contributed by atoms with E-state index in [0.717, 1.165) is 49.0 Å². The van der Waals surface area contributed by atoms with E-state index in [9.17, 15) is 13.9 Å². The maximum Gasteiger partial charge on any atom is 0.236 e. The molecule has 1 fully saturated rings. The van der Waals surface area contributed by atoms with Gasteiger partial charge >= 0.3 is 0 Å². The summed E-state index contributed by atoms with van der Waals surface area (Å²) in [5.74, 6) is 0.0339. The van der Waals surface area contributed by atoms with Crippen LogP contribution in [-0.4, -0.2) is 64.3 Å².